The molecule has 0 spiro atoms. The van der Waals surface area contributed by atoms with Gasteiger partial charge in [0.1, 0.15) is 0 Å². The van der Waals surface area contributed by atoms with Gasteiger partial charge in [-0.05, 0) is 49.8 Å². The Labute approximate surface area is 151 Å². The van der Waals surface area contributed by atoms with Crippen molar-refractivity contribution in [3.05, 3.63) is 41.5 Å². The number of benzene rings is 1. The first-order chi connectivity index (χ1) is 11.4. The smallest absolute Gasteiger partial charge is 0.229 e. The second-order valence-electron chi connectivity index (χ2n) is 7.80. The Hall–Kier alpha value is -1.82. The summed E-state index contributed by atoms with van der Waals surface area (Å²) in [6.45, 7) is 10.2. The predicted octanol–water partition coefficient (Wildman–Crippen LogP) is 3.47. The normalized spacial score (nSPS) is 22.6. The third kappa shape index (κ3) is 4.84. The van der Waals surface area contributed by atoms with Gasteiger partial charge in [0, 0.05) is 5.69 Å². The lowest BCUT2D eigenvalue weighted by atomic mass is 10.1. The summed E-state index contributed by atoms with van der Waals surface area (Å²) in [4.78, 5) is 12.7. The molecule has 1 fully saturated rings. The van der Waals surface area contributed by atoms with Gasteiger partial charge >= 0.3 is 0 Å². The van der Waals surface area contributed by atoms with Crippen molar-refractivity contribution < 1.29 is 13.2 Å². The van der Waals surface area contributed by atoms with Crippen LogP contribution in [0.3, 0.4) is 0 Å². The molecule has 6 heteroatoms. The topological polar surface area (TPSA) is 75.3 Å². The number of sulfonamides is 1. The van der Waals surface area contributed by atoms with Crippen molar-refractivity contribution in [1.29, 1.82) is 0 Å². The minimum Gasteiger partial charge on any atom is -0.349 e. The molecular weight excluding hydrogens is 336 g/mol. The first kappa shape index (κ1) is 19.5. The molecule has 1 amide bonds. The van der Waals surface area contributed by atoms with Crippen molar-refractivity contribution in [1.82, 2.24) is 5.32 Å². The van der Waals surface area contributed by atoms with Crippen LogP contribution in [0.1, 0.15) is 46.2 Å². The molecule has 1 aliphatic carbocycles. The summed E-state index contributed by atoms with van der Waals surface area (Å²) in [5.74, 6) is 0.284. The van der Waals surface area contributed by atoms with Gasteiger partial charge in [-0.1, -0.05) is 37.6 Å². The molecule has 0 radical (unpaired) electrons. The summed E-state index contributed by atoms with van der Waals surface area (Å²) < 4.78 is 25.2. The fourth-order valence-electron chi connectivity index (χ4n) is 3.32. The highest BCUT2D eigenvalue weighted by Crippen LogP contribution is 2.59. The van der Waals surface area contributed by atoms with Gasteiger partial charge in [-0.3, -0.25) is 9.52 Å². The molecule has 0 aliphatic heterocycles. The summed E-state index contributed by atoms with van der Waals surface area (Å²) in [7, 11) is -3.32. The maximum Gasteiger partial charge on any atom is 0.229 e. The lowest BCUT2D eigenvalue weighted by molar-refractivity contribution is -0.123. The first-order valence-electron chi connectivity index (χ1n) is 8.45. The third-order valence-corrected chi connectivity index (χ3v) is 5.36. The van der Waals surface area contributed by atoms with Crippen molar-refractivity contribution in [3.8, 4) is 0 Å². The Morgan fingerprint density at radius 2 is 1.92 bits per heavy atom. The van der Waals surface area contributed by atoms with Crippen molar-refractivity contribution in [2.24, 2.45) is 17.3 Å². The van der Waals surface area contributed by atoms with Crippen LogP contribution in [0.5, 0.6) is 0 Å². The van der Waals surface area contributed by atoms with Crippen molar-refractivity contribution in [2.45, 2.75) is 40.7 Å². The van der Waals surface area contributed by atoms with Crippen molar-refractivity contribution >= 4 is 21.6 Å². The van der Waals surface area contributed by atoms with E-state index in [1.807, 2.05) is 26.8 Å². The van der Waals surface area contributed by atoms with Crippen molar-refractivity contribution in [3.63, 3.8) is 0 Å². The number of amides is 1. The third-order valence-electron chi connectivity index (χ3n) is 4.75. The quantitative estimate of drug-likeness (QED) is 0.759. The van der Waals surface area contributed by atoms with Gasteiger partial charge in [0.15, 0.2) is 0 Å². The van der Waals surface area contributed by atoms with Gasteiger partial charge in [0.05, 0.1) is 18.2 Å². The highest BCUT2D eigenvalue weighted by molar-refractivity contribution is 7.92. The summed E-state index contributed by atoms with van der Waals surface area (Å²) in [5.41, 5.74) is 2.55. The fraction of sp³-hybridized carbons (Fsp3) is 0.526. The van der Waals surface area contributed by atoms with Gasteiger partial charge in [-0.25, -0.2) is 8.42 Å². The number of carbonyl (C=O) groups excluding carboxylic acids is 1. The largest absolute Gasteiger partial charge is 0.349 e. The first-order valence-corrected chi connectivity index (χ1v) is 10.3. The monoisotopic (exact) mass is 364 g/mol. The molecule has 2 rings (SSSR count). The fourth-order valence-corrected chi connectivity index (χ4v) is 3.88. The molecule has 1 aromatic carbocycles. The van der Waals surface area contributed by atoms with Crippen LogP contribution in [-0.2, 0) is 14.8 Å². The molecule has 138 valence electrons. The second-order valence-corrected chi connectivity index (χ2v) is 9.55. The van der Waals surface area contributed by atoms with Crippen LogP contribution >= 0.6 is 0 Å². The van der Waals surface area contributed by atoms with E-state index in [4.69, 9.17) is 0 Å². The standard InChI is InChI=1S/C19H28N2O3S/c1-12(2)10-16-17(19(16,4)5)18(22)20-13(3)14-8-7-9-15(11-14)21-25(6,23)24/h7-11,13,16-17,21H,1-6H3,(H,20,22)/t13-,16+,17+/m0/s1. The average molecular weight is 365 g/mol. The number of nitrogens with one attached hydrogen (secondary N) is 2. The van der Waals surface area contributed by atoms with Crippen LogP contribution < -0.4 is 10.0 Å². The van der Waals surface area contributed by atoms with Gasteiger partial charge in [-0.15, -0.1) is 0 Å². The van der Waals surface area contributed by atoms with E-state index in [1.54, 1.807) is 18.2 Å². The summed E-state index contributed by atoms with van der Waals surface area (Å²) >= 11 is 0. The Morgan fingerprint density at radius 1 is 1.28 bits per heavy atom. The highest BCUT2D eigenvalue weighted by Gasteiger charge is 2.60. The molecular formula is C19H28N2O3S. The van der Waals surface area contributed by atoms with Gasteiger partial charge in [0.2, 0.25) is 15.9 Å². The molecule has 3 atom stereocenters. The van der Waals surface area contributed by atoms with Gasteiger partial charge < -0.3 is 5.32 Å². The highest BCUT2D eigenvalue weighted by atomic mass is 32.2. The number of hydrogen-bond donors (Lipinski definition) is 2. The molecule has 1 aliphatic rings. The number of allylic oxidation sites excluding steroid dienone is 2. The lowest BCUT2D eigenvalue weighted by Gasteiger charge is -2.16. The van der Waals surface area contributed by atoms with E-state index < -0.39 is 10.0 Å². The number of carbonyl (C=O) groups is 1. The Morgan fingerprint density at radius 3 is 2.48 bits per heavy atom. The molecule has 1 aromatic rings. The van der Waals surface area contributed by atoms with E-state index >= 15 is 0 Å². The van der Waals surface area contributed by atoms with E-state index in [-0.39, 0.29) is 29.2 Å². The van der Waals surface area contributed by atoms with Crippen molar-refractivity contribution in [2.75, 3.05) is 11.0 Å². The van der Waals surface area contributed by atoms with E-state index in [1.165, 1.54) is 5.57 Å². The molecule has 25 heavy (non-hydrogen) atoms. The van der Waals surface area contributed by atoms with Crippen LogP contribution in [0, 0.1) is 17.3 Å². The number of rotatable bonds is 6. The summed E-state index contributed by atoms with van der Waals surface area (Å²) in [6.07, 6.45) is 3.29. The van der Waals surface area contributed by atoms with Crippen LogP contribution in [0.2, 0.25) is 0 Å². The van der Waals surface area contributed by atoms with E-state index in [2.05, 4.69) is 30.0 Å². The maximum atomic E-state index is 12.7. The minimum atomic E-state index is -3.32. The van der Waals surface area contributed by atoms with Gasteiger partial charge in [-0.2, -0.15) is 0 Å². The average Bonchev–Trinajstić information content (AvgIpc) is 2.97. The molecule has 0 heterocycles. The van der Waals surface area contributed by atoms with Crippen LogP contribution in [0.4, 0.5) is 5.69 Å². The van der Waals surface area contributed by atoms with E-state index in [9.17, 15) is 13.2 Å². The SMILES string of the molecule is CC(C)=C[C@@H]1[C@H](C(=O)N[C@@H](C)c2cccc(NS(C)(=O)=O)c2)C1(C)C. The Bertz CT molecular complexity index is 793. The number of anilines is 1. The van der Waals surface area contributed by atoms with Gasteiger partial charge in [0.25, 0.3) is 0 Å². The molecule has 0 aromatic heterocycles. The van der Waals surface area contributed by atoms with Crippen LogP contribution in [-0.4, -0.2) is 20.6 Å². The molecule has 0 unspecified atom stereocenters. The zero-order valence-electron chi connectivity index (χ0n) is 15.8. The van der Waals surface area contributed by atoms with E-state index in [0.29, 0.717) is 5.69 Å². The summed E-state index contributed by atoms with van der Waals surface area (Å²) in [6, 6.07) is 6.89. The number of hydrogen-bond acceptors (Lipinski definition) is 3. The Balaban J connectivity index is 2.07. The second kappa shape index (κ2) is 6.83. The molecule has 1 saturated carbocycles. The van der Waals surface area contributed by atoms with Crippen LogP contribution in [0.15, 0.2) is 35.9 Å². The van der Waals surface area contributed by atoms with Crippen LogP contribution in [0.25, 0.3) is 0 Å². The maximum absolute atomic E-state index is 12.7. The zero-order chi connectivity index (χ0) is 19.0. The van der Waals surface area contributed by atoms with E-state index in [0.717, 1.165) is 11.8 Å². The molecule has 0 bridgehead atoms. The minimum absolute atomic E-state index is 0.0258. The lowest BCUT2D eigenvalue weighted by Crippen LogP contribution is -2.29. The molecule has 0 saturated heterocycles. The molecule has 5 nitrogen and oxygen atoms in total. The summed E-state index contributed by atoms with van der Waals surface area (Å²) in [5, 5.41) is 3.06. The molecule has 2 N–H and O–H groups in total. The zero-order valence-corrected chi connectivity index (χ0v) is 16.6. The predicted molar refractivity (Wildman–Crippen MR) is 102 cm³/mol. The Kier molecular flexibility index (Phi) is 5.33.